The Balaban J connectivity index is 2.16. The zero-order valence-corrected chi connectivity index (χ0v) is 10.1. The second-order valence-corrected chi connectivity index (χ2v) is 4.04. The van der Waals surface area contributed by atoms with Crippen molar-refractivity contribution in [2.45, 2.75) is 6.54 Å². The van der Waals surface area contributed by atoms with Gasteiger partial charge in [-0.1, -0.05) is 29.8 Å². The number of pyridine rings is 1. The third-order valence-corrected chi connectivity index (χ3v) is 2.81. The first-order chi connectivity index (χ1) is 8.68. The fourth-order valence-electron chi connectivity index (χ4n) is 1.55. The van der Waals surface area contributed by atoms with Crippen molar-refractivity contribution >= 4 is 23.1 Å². The number of benzene rings is 1. The molecule has 5 nitrogen and oxygen atoms in total. The number of nitrogens with one attached hydrogen (secondary N) is 2. The van der Waals surface area contributed by atoms with Crippen molar-refractivity contribution in [3.63, 3.8) is 0 Å². The van der Waals surface area contributed by atoms with E-state index in [-0.39, 0.29) is 5.69 Å². The maximum atomic E-state index is 10.8. The summed E-state index contributed by atoms with van der Waals surface area (Å²) in [5.41, 5.74) is 0.885. The summed E-state index contributed by atoms with van der Waals surface area (Å²) in [7, 11) is 0. The third-order valence-electron chi connectivity index (χ3n) is 2.44. The van der Waals surface area contributed by atoms with Crippen LogP contribution in [-0.4, -0.2) is 4.92 Å². The second kappa shape index (κ2) is 5.46. The van der Waals surface area contributed by atoms with Gasteiger partial charge in [0.1, 0.15) is 6.54 Å². The van der Waals surface area contributed by atoms with E-state index in [4.69, 9.17) is 11.6 Å². The van der Waals surface area contributed by atoms with Gasteiger partial charge in [0.15, 0.2) is 0 Å². The molecule has 1 aromatic carbocycles. The summed E-state index contributed by atoms with van der Waals surface area (Å²) in [6, 6.07) is 10.4. The quantitative estimate of drug-likeness (QED) is 0.682. The molecule has 92 valence electrons. The molecular weight excluding hydrogens is 254 g/mol. The Morgan fingerprint density at radius 1 is 1.28 bits per heavy atom. The van der Waals surface area contributed by atoms with Crippen LogP contribution in [0.15, 0.2) is 42.6 Å². The first-order valence-electron chi connectivity index (χ1n) is 5.31. The standard InChI is InChI=1S/C12H10ClN3O2/c13-10-5-2-1-4-9(10)8-15-12-11(16(17)18)6-3-7-14-12/h1-7H,8H2,(H,14,15)/p+1. The molecule has 0 fully saturated rings. The van der Waals surface area contributed by atoms with E-state index in [9.17, 15) is 10.1 Å². The molecule has 1 heterocycles. The van der Waals surface area contributed by atoms with Crippen LogP contribution in [0.2, 0.25) is 5.02 Å². The first-order valence-corrected chi connectivity index (χ1v) is 5.68. The van der Waals surface area contributed by atoms with Crippen molar-refractivity contribution in [1.82, 2.24) is 0 Å². The Morgan fingerprint density at radius 2 is 2.06 bits per heavy atom. The molecule has 0 amide bonds. The highest BCUT2D eigenvalue weighted by Crippen LogP contribution is 2.20. The Kier molecular flexibility index (Phi) is 3.74. The number of H-pyrrole nitrogens is 1. The van der Waals surface area contributed by atoms with Gasteiger partial charge in [-0.3, -0.25) is 15.4 Å². The Morgan fingerprint density at radius 3 is 2.78 bits per heavy atom. The Bertz CT molecular complexity index is 575. The number of halogens is 1. The average Bonchev–Trinajstić information content (AvgIpc) is 2.38. The molecule has 2 rings (SSSR count). The molecule has 6 heteroatoms. The lowest BCUT2D eigenvalue weighted by molar-refractivity contribution is -0.409. The van der Waals surface area contributed by atoms with E-state index in [0.717, 1.165) is 5.56 Å². The summed E-state index contributed by atoms with van der Waals surface area (Å²) < 4.78 is 0. The van der Waals surface area contributed by atoms with E-state index in [1.54, 1.807) is 18.3 Å². The number of hydrogen-bond donors (Lipinski definition) is 1. The van der Waals surface area contributed by atoms with Crippen LogP contribution in [0, 0.1) is 10.1 Å². The van der Waals surface area contributed by atoms with Crippen molar-refractivity contribution in [2.75, 3.05) is 5.32 Å². The highest BCUT2D eigenvalue weighted by Gasteiger charge is 2.19. The minimum Gasteiger partial charge on any atom is -0.264 e. The van der Waals surface area contributed by atoms with Crippen LogP contribution >= 0.6 is 11.6 Å². The molecule has 0 radical (unpaired) electrons. The summed E-state index contributed by atoms with van der Waals surface area (Å²) in [6.07, 6.45) is 1.63. The lowest BCUT2D eigenvalue weighted by Crippen LogP contribution is -2.14. The number of rotatable bonds is 4. The van der Waals surface area contributed by atoms with Gasteiger partial charge < -0.3 is 0 Å². The van der Waals surface area contributed by atoms with Crippen LogP contribution in [0.25, 0.3) is 0 Å². The van der Waals surface area contributed by atoms with Gasteiger partial charge in [0.2, 0.25) is 0 Å². The number of anilines is 1. The first kappa shape index (κ1) is 12.3. The third kappa shape index (κ3) is 2.75. The summed E-state index contributed by atoms with van der Waals surface area (Å²) in [5.74, 6) is 0.363. The molecule has 0 atom stereocenters. The fourth-order valence-corrected chi connectivity index (χ4v) is 1.75. The van der Waals surface area contributed by atoms with Crippen molar-refractivity contribution in [3.05, 3.63) is 63.3 Å². The predicted molar refractivity (Wildman–Crippen MR) is 68.4 cm³/mol. The lowest BCUT2D eigenvalue weighted by Gasteiger charge is -2.02. The van der Waals surface area contributed by atoms with E-state index in [1.165, 1.54) is 6.07 Å². The molecule has 0 unspecified atom stereocenters. The average molecular weight is 265 g/mol. The highest BCUT2D eigenvalue weighted by molar-refractivity contribution is 6.31. The minimum atomic E-state index is -0.439. The van der Waals surface area contributed by atoms with Crippen LogP contribution in [0.1, 0.15) is 5.56 Å². The molecule has 0 aliphatic carbocycles. The van der Waals surface area contributed by atoms with Crippen molar-refractivity contribution in [3.8, 4) is 0 Å². The lowest BCUT2D eigenvalue weighted by atomic mass is 10.2. The Hall–Kier alpha value is -2.14. The fraction of sp³-hybridized carbons (Fsp3) is 0.0833. The van der Waals surface area contributed by atoms with Gasteiger partial charge in [0.05, 0.1) is 11.1 Å². The Labute approximate surface area is 109 Å². The van der Waals surface area contributed by atoms with Gasteiger partial charge in [-0.05, 0) is 12.1 Å². The maximum Gasteiger partial charge on any atom is 0.357 e. The zero-order valence-electron chi connectivity index (χ0n) is 9.39. The number of aromatic nitrogens is 1. The van der Waals surface area contributed by atoms with Crippen molar-refractivity contribution < 1.29 is 9.91 Å². The molecule has 1 aromatic heterocycles. The SMILES string of the molecule is O=[N+]([O-])c1ccc[nH+]c1NCc1ccccc1Cl. The van der Waals surface area contributed by atoms with Gasteiger partial charge in [-0.15, -0.1) is 0 Å². The maximum absolute atomic E-state index is 10.8. The predicted octanol–water partition coefficient (Wildman–Crippen LogP) is 2.67. The molecular formula is C12H11ClN3O2+. The number of nitro groups is 1. The van der Waals surface area contributed by atoms with Crippen molar-refractivity contribution in [2.24, 2.45) is 0 Å². The minimum absolute atomic E-state index is 0.00422. The molecule has 0 bridgehead atoms. The molecule has 18 heavy (non-hydrogen) atoms. The molecule has 0 saturated heterocycles. The van der Waals surface area contributed by atoms with Crippen molar-refractivity contribution in [1.29, 1.82) is 0 Å². The van der Waals surface area contributed by atoms with Crippen LogP contribution in [0.3, 0.4) is 0 Å². The summed E-state index contributed by atoms with van der Waals surface area (Å²) in [6.45, 7) is 0.418. The van der Waals surface area contributed by atoms with Gasteiger partial charge in [0, 0.05) is 16.7 Å². The van der Waals surface area contributed by atoms with Crippen LogP contribution in [-0.2, 0) is 6.54 Å². The van der Waals surface area contributed by atoms with Crippen LogP contribution < -0.4 is 10.3 Å². The van der Waals surface area contributed by atoms with Gasteiger partial charge >= 0.3 is 11.5 Å². The monoisotopic (exact) mass is 264 g/mol. The van der Waals surface area contributed by atoms with Gasteiger partial charge in [-0.25, -0.2) is 4.98 Å². The molecule has 0 aliphatic heterocycles. The van der Waals surface area contributed by atoms with E-state index in [2.05, 4.69) is 10.3 Å². The topological polar surface area (TPSA) is 69.3 Å². The normalized spacial score (nSPS) is 10.1. The number of aromatic amines is 1. The largest absolute Gasteiger partial charge is 0.357 e. The number of nitrogens with zero attached hydrogens (tertiary/aromatic N) is 1. The number of hydrogen-bond acceptors (Lipinski definition) is 3. The smallest absolute Gasteiger partial charge is 0.264 e. The zero-order chi connectivity index (χ0) is 13.0. The van der Waals surface area contributed by atoms with Crippen LogP contribution in [0.5, 0.6) is 0 Å². The van der Waals surface area contributed by atoms with Gasteiger partial charge in [0.25, 0.3) is 0 Å². The molecule has 2 N–H and O–H groups in total. The van der Waals surface area contributed by atoms with E-state index in [0.29, 0.717) is 17.4 Å². The van der Waals surface area contributed by atoms with E-state index >= 15 is 0 Å². The summed E-state index contributed by atoms with van der Waals surface area (Å²) in [5, 5.41) is 14.4. The summed E-state index contributed by atoms with van der Waals surface area (Å²) in [4.78, 5) is 13.2. The highest BCUT2D eigenvalue weighted by atomic mass is 35.5. The van der Waals surface area contributed by atoms with Gasteiger partial charge in [-0.2, -0.15) is 0 Å². The second-order valence-electron chi connectivity index (χ2n) is 3.63. The van der Waals surface area contributed by atoms with E-state index in [1.807, 2.05) is 18.2 Å². The molecule has 0 aliphatic rings. The molecule has 0 spiro atoms. The molecule has 2 aromatic rings. The van der Waals surface area contributed by atoms with E-state index < -0.39 is 4.92 Å². The van der Waals surface area contributed by atoms with Crippen LogP contribution in [0.4, 0.5) is 11.5 Å². The summed E-state index contributed by atoms with van der Waals surface area (Å²) >= 11 is 6.01. The molecule has 0 saturated carbocycles.